The molecule has 0 bridgehead atoms. The lowest BCUT2D eigenvalue weighted by atomic mass is 10.0. The molecule has 0 aromatic heterocycles. The van der Waals surface area contributed by atoms with E-state index in [2.05, 4.69) is 28.1 Å². The number of Topliss-reactive ketones (excluding diaryl/α,β-unsaturated/α-hetero) is 1. The fourth-order valence-corrected chi connectivity index (χ4v) is 2.25. The molecule has 2 aromatic carbocycles. The standard InChI is InChI=1S/C17H17BrO/c1-2-16(18)17(19)15-10-8-14(9-11-15)12-13-6-4-3-5-7-13/h3-11,16H,2,12H2,1H3. The number of carbonyl (C=O) groups is 1. The third-order valence-electron chi connectivity index (χ3n) is 3.13. The second-order valence-corrected chi connectivity index (χ2v) is 5.70. The Kier molecular flexibility index (Phi) is 4.92. The number of halogens is 1. The van der Waals surface area contributed by atoms with E-state index in [4.69, 9.17) is 0 Å². The van der Waals surface area contributed by atoms with Crippen LogP contribution in [0.1, 0.15) is 34.8 Å². The summed E-state index contributed by atoms with van der Waals surface area (Å²) in [7, 11) is 0. The van der Waals surface area contributed by atoms with Crippen LogP contribution in [0, 0.1) is 0 Å². The zero-order valence-corrected chi connectivity index (χ0v) is 12.6. The lowest BCUT2D eigenvalue weighted by molar-refractivity contribution is 0.0990. The third kappa shape index (κ3) is 3.77. The topological polar surface area (TPSA) is 17.1 Å². The Bertz CT molecular complexity index is 531. The highest BCUT2D eigenvalue weighted by molar-refractivity contribution is 9.10. The highest BCUT2D eigenvalue weighted by Crippen LogP contribution is 2.15. The van der Waals surface area contributed by atoms with Crippen molar-refractivity contribution in [3.05, 3.63) is 71.3 Å². The molecular formula is C17H17BrO. The lowest BCUT2D eigenvalue weighted by Gasteiger charge is -2.07. The van der Waals surface area contributed by atoms with Crippen molar-refractivity contribution in [1.29, 1.82) is 0 Å². The van der Waals surface area contributed by atoms with Crippen LogP contribution in [0.3, 0.4) is 0 Å². The van der Waals surface area contributed by atoms with E-state index in [9.17, 15) is 4.79 Å². The lowest BCUT2D eigenvalue weighted by Crippen LogP contribution is -2.12. The van der Waals surface area contributed by atoms with Crippen LogP contribution >= 0.6 is 15.9 Å². The summed E-state index contributed by atoms with van der Waals surface area (Å²) in [5.74, 6) is 0.161. The molecule has 0 spiro atoms. The maximum absolute atomic E-state index is 12.0. The molecular weight excluding hydrogens is 300 g/mol. The Morgan fingerprint density at radius 1 is 1.00 bits per heavy atom. The maximum Gasteiger partial charge on any atom is 0.176 e. The monoisotopic (exact) mass is 316 g/mol. The van der Waals surface area contributed by atoms with Crippen LogP contribution in [0.15, 0.2) is 54.6 Å². The van der Waals surface area contributed by atoms with Gasteiger partial charge < -0.3 is 0 Å². The van der Waals surface area contributed by atoms with E-state index in [0.717, 1.165) is 18.4 Å². The predicted octanol–water partition coefficient (Wildman–Crippen LogP) is 4.63. The first-order chi connectivity index (χ1) is 9.20. The van der Waals surface area contributed by atoms with E-state index in [0.29, 0.717) is 0 Å². The minimum atomic E-state index is -0.0764. The molecule has 0 fully saturated rings. The molecule has 0 aliphatic carbocycles. The van der Waals surface area contributed by atoms with E-state index in [1.807, 2.05) is 49.4 Å². The average Bonchev–Trinajstić information content (AvgIpc) is 2.47. The molecule has 1 unspecified atom stereocenters. The highest BCUT2D eigenvalue weighted by Gasteiger charge is 2.14. The van der Waals surface area contributed by atoms with Crippen LogP contribution in [0.4, 0.5) is 0 Å². The molecule has 1 nitrogen and oxygen atoms in total. The fraction of sp³-hybridized carbons (Fsp3) is 0.235. The first-order valence-corrected chi connectivity index (χ1v) is 7.43. The summed E-state index contributed by atoms with van der Waals surface area (Å²) in [6, 6.07) is 18.3. The van der Waals surface area contributed by atoms with Crippen molar-refractivity contribution in [1.82, 2.24) is 0 Å². The third-order valence-corrected chi connectivity index (χ3v) is 4.20. The van der Waals surface area contributed by atoms with Gasteiger partial charge in [0, 0.05) is 5.56 Å². The molecule has 0 saturated heterocycles. The molecule has 0 heterocycles. The zero-order chi connectivity index (χ0) is 13.7. The Morgan fingerprint density at radius 3 is 2.16 bits per heavy atom. The van der Waals surface area contributed by atoms with Gasteiger partial charge in [-0.3, -0.25) is 4.79 Å². The Hall–Kier alpha value is -1.41. The summed E-state index contributed by atoms with van der Waals surface area (Å²) in [4.78, 5) is 11.9. The van der Waals surface area contributed by atoms with Crippen LogP contribution in [0.25, 0.3) is 0 Å². The summed E-state index contributed by atoms with van der Waals surface area (Å²) in [6.07, 6.45) is 1.71. The quantitative estimate of drug-likeness (QED) is 0.580. The summed E-state index contributed by atoms with van der Waals surface area (Å²) >= 11 is 3.40. The molecule has 1 atom stereocenters. The van der Waals surface area contributed by atoms with Crippen molar-refractivity contribution >= 4 is 21.7 Å². The fourth-order valence-electron chi connectivity index (χ4n) is 1.98. The van der Waals surface area contributed by atoms with Crippen molar-refractivity contribution < 1.29 is 4.79 Å². The second kappa shape index (κ2) is 6.67. The molecule has 0 N–H and O–H groups in total. The minimum absolute atomic E-state index is 0.0764. The van der Waals surface area contributed by atoms with Gasteiger partial charge in [0.2, 0.25) is 0 Å². The molecule has 0 radical (unpaired) electrons. The molecule has 0 amide bonds. The number of benzene rings is 2. The zero-order valence-electron chi connectivity index (χ0n) is 11.0. The number of ketones is 1. The molecule has 0 saturated carbocycles. The average molecular weight is 317 g/mol. The second-order valence-electron chi connectivity index (χ2n) is 4.60. The molecule has 0 aliphatic rings. The van der Waals surface area contributed by atoms with Crippen molar-refractivity contribution in [2.75, 3.05) is 0 Å². The largest absolute Gasteiger partial charge is 0.293 e. The molecule has 0 aliphatic heterocycles. The Labute approximate surface area is 122 Å². The van der Waals surface area contributed by atoms with Crippen molar-refractivity contribution in [3.8, 4) is 0 Å². The van der Waals surface area contributed by atoms with E-state index >= 15 is 0 Å². The molecule has 98 valence electrons. The van der Waals surface area contributed by atoms with Crippen molar-refractivity contribution in [2.24, 2.45) is 0 Å². The predicted molar refractivity (Wildman–Crippen MR) is 83.0 cm³/mol. The maximum atomic E-state index is 12.0. The molecule has 19 heavy (non-hydrogen) atoms. The highest BCUT2D eigenvalue weighted by atomic mass is 79.9. The summed E-state index contributed by atoms with van der Waals surface area (Å²) < 4.78 is 0. The van der Waals surface area contributed by atoms with Crippen LogP contribution in [0.5, 0.6) is 0 Å². The summed E-state index contributed by atoms with van der Waals surface area (Å²) in [5, 5.41) is 0. The van der Waals surface area contributed by atoms with E-state index in [1.54, 1.807) is 0 Å². The number of hydrogen-bond donors (Lipinski definition) is 0. The SMILES string of the molecule is CCC(Br)C(=O)c1ccc(Cc2ccccc2)cc1. The van der Waals surface area contributed by atoms with Gasteiger partial charge in [-0.25, -0.2) is 0 Å². The number of alkyl halides is 1. The minimum Gasteiger partial charge on any atom is -0.293 e. The van der Waals surface area contributed by atoms with Gasteiger partial charge in [0.05, 0.1) is 4.83 Å². The van der Waals surface area contributed by atoms with Gasteiger partial charge in [0.1, 0.15) is 0 Å². The molecule has 2 rings (SSSR count). The van der Waals surface area contributed by atoms with E-state index < -0.39 is 0 Å². The first kappa shape index (κ1) is 14.0. The molecule has 2 heteroatoms. The van der Waals surface area contributed by atoms with Gasteiger partial charge in [-0.2, -0.15) is 0 Å². The van der Waals surface area contributed by atoms with Crippen molar-refractivity contribution in [3.63, 3.8) is 0 Å². The smallest absolute Gasteiger partial charge is 0.176 e. The van der Waals surface area contributed by atoms with E-state index in [1.165, 1.54) is 11.1 Å². The Balaban J connectivity index is 2.09. The van der Waals surface area contributed by atoms with Gasteiger partial charge in [-0.05, 0) is 24.0 Å². The summed E-state index contributed by atoms with van der Waals surface area (Å²) in [6.45, 7) is 2.00. The van der Waals surface area contributed by atoms with Gasteiger partial charge in [-0.1, -0.05) is 77.5 Å². The van der Waals surface area contributed by atoms with Gasteiger partial charge in [0.25, 0.3) is 0 Å². The molecule has 2 aromatic rings. The normalized spacial score (nSPS) is 12.1. The van der Waals surface area contributed by atoms with Crippen molar-refractivity contribution in [2.45, 2.75) is 24.6 Å². The number of carbonyl (C=O) groups excluding carboxylic acids is 1. The van der Waals surface area contributed by atoms with Gasteiger partial charge in [0.15, 0.2) is 5.78 Å². The van der Waals surface area contributed by atoms with Crippen LogP contribution < -0.4 is 0 Å². The summed E-state index contributed by atoms with van der Waals surface area (Å²) in [5.41, 5.74) is 3.29. The van der Waals surface area contributed by atoms with Crippen LogP contribution in [-0.2, 0) is 6.42 Å². The first-order valence-electron chi connectivity index (χ1n) is 6.52. The Morgan fingerprint density at radius 2 is 1.58 bits per heavy atom. The number of hydrogen-bond acceptors (Lipinski definition) is 1. The van der Waals surface area contributed by atoms with Crippen LogP contribution in [0.2, 0.25) is 0 Å². The van der Waals surface area contributed by atoms with Gasteiger partial charge >= 0.3 is 0 Å². The number of rotatable bonds is 5. The van der Waals surface area contributed by atoms with Gasteiger partial charge in [-0.15, -0.1) is 0 Å². The van der Waals surface area contributed by atoms with E-state index in [-0.39, 0.29) is 10.6 Å². The van der Waals surface area contributed by atoms with Crippen LogP contribution in [-0.4, -0.2) is 10.6 Å².